The molecule has 0 fully saturated rings. The fourth-order valence-corrected chi connectivity index (χ4v) is 3.02. The molecule has 0 spiro atoms. The summed E-state index contributed by atoms with van der Waals surface area (Å²) < 4.78 is 38.9. The Kier molecular flexibility index (Phi) is 5.43. The van der Waals surface area contributed by atoms with Crippen molar-refractivity contribution in [3.05, 3.63) is 47.7 Å². The molecule has 0 aliphatic carbocycles. The van der Waals surface area contributed by atoms with Crippen molar-refractivity contribution in [1.29, 1.82) is 0 Å². The van der Waals surface area contributed by atoms with Crippen LogP contribution in [-0.2, 0) is 11.4 Å². The van der Waals surface area contributed by atoms with Gasteiger partial charge in [0.2, 0.25) is 0 Å². The molecular formula is C18H18N3O5S-. The third-order valence-corrected chi connectivity index (χ3v) is 4.55. The molecule has 2 aromatic carbocycles. The minimum atomic E-state index is -2.72. The van der Waals surface area contributed by atoms with E-state index in [0.717, 1.165) is 22.6 Å². The molecule has 3 rings (SSSR count). The Hall–Kier alpha value is -2.91. The van der Waals surface area contributed by atoms with Crippen LogP contribution in [0.5, 0.6) is 17.2 Å². The molecule has 0 N–H and O–H groups in total. The Morgan fingerprint density at radius 1 is 1.04 bits per heavy atom. The summed E-state index contributed by atoms with van der Waals surface area (Å²) in [5.74, 6) is 1.12. The molecule has 0 radical (unpaired) electrons. The zero-order chi connectivity index (χ0) is 19.6. The number of aromatic nitrogens is 3. The Bertz CT molecular complexity index is 1000. The SMILES string of the molecule is COc1ccc(-c2cnnn2-c2cc(C)c(C)c(OC)c2)cc1OS(=O)[O-]. The van der Waals surface area contributed by atoms with Crippen molar-refractivity contribution in [1.82, 2.24) is 15.0 Å². The van der Waals surface area contributed by atoms with Crippen LogP contribution in [0.1, 0.15) is 11.1 Å². The summed E-state index contributed by atoms with van der Waals surface area (Å²) in [6.45, 7) is 3.97. The smallest absolute Gasteiger partial charge is 0.181 e. The lowest BCUT2D eigenvalue weighted by Crippen LogP contribution is -2.03. The van der Waals surface area contributed by atoms with Crippen molar-refractivity contribution in [3.8, 4) is 34.2 Å². The molecule has 3 aromatic rings. The lowest BCUT2D eigenvalue weighted by molar-refractivity contribution is 0.383. The van der Waals surface area contributed by atoms with E-state index in [1.54, 1.807) is 36.2 Å². The van der Waals surface area contributed by atoms with Crippen molar-refractivity contribution in [2.24, 2.45) is 0 Å². The number of benzene rings is 2. The van der Waals surface area contributed by atoms with Gasteiger partial charge in [-0.2, -0.15) is 0 Å². The standard InChI is InChI=1S/C18H19N3O5S/c1-11-7-14(9-17(25-4)12(11)2)21-15(10-19-20-21)13-5-6-16(24-3)18(8-13)26-27(22)23/h5-10H,1-4H3,(H,22,23)/p-1. The van der Waals surface area contributed by atoms with Crippen molar-refractivity contribution < 1.29 is 22.4 Å². The lowest BCUT2D eigenvalue weighted by Gasteiger charge is -2.14. The van der Waals surface area contributed by atoms with Gasteiger partial charge in [-0.25, -0.2) is 8.89 Å². The molecule has 0 saturated heterocycles. The summed E-state index contributed by atoms with van der Waals surface area (Å²) in [7, 11) is 3.05. The first kappa shape index (κ1) is 18.9. The van der Waals surface area contributed by atoms with E-state index in [-0.39, 0.29) is 5.75 Å². The summed E-state index contributed by atoms with van der Waals surface area (Å²) in [4.78, 5) is 0. The van der Waals surface area contributed by atoms with E-state index >= 15 is 0 Å². The van der Waals surface area contributed by atoms with E-state index in [1.807, 2.05) is 26.0 Å². The van der Waals surface area contributed by atoms with Gasteiger partial charge in [-0.15, -0.1) is 5.10 Å². The molecule has 0 amide bonds. The topological polar surface area (TPSA) is 98.5 Å². The summed E-state index contributed by atoms with van der Waals surface area (Å²) in [5.41, 5.74) is 4.18. The molecule has 1 unspecified atom stereocenters. The predicted octanol–water partition coefficient (Wildman–Crippen LogP) is 2.74. The van der Waals surface area contributed by atoms with Crippen LogP contribution in [0, 0.1) is 13.8 Å². The number of methoxy groups -OCH3 is 2. The minimum Gasteiger partial charge on any atom is -0.740 e. The van der Waals surface area contributed by atoms with Crippen LogP contribution in [0.4, 0.5) is 0 Å². The molecular weight excluding hydrogens is 370 g/mol. The third-order valence-electron chi connectivity index (χ3n) is 4.24. The van der Waals surface area contributed by atoms with Gasteiger partial charge >= 0.3 is 0 Å². The van der Waals surface area contributed by atoms with E-state index in [0.29, 0.717) is 17.0 Å². The molecule has 8 nitrogen and oxygen atoms in total. The lowest BCUT2D eigenvalue weighted by atomic mass is 10.1. The Balaban J connectivity index is 2.11. The van der Waals surface area contributed by atoms with Gasteiger partial charge in [0.25, 0.3) is 0 Å². The second-order valence-corrected chi connectivity index (χ2v) is 6.35. The van der Waals surface area contributed by atoms with Crippen molar-refractivity contribution in [3.63, 3.8) is 0 Å². The van der Waals surface area contributed by atoms with Crippen LogP contribution in [0.15, 0.2) is 36.5 Å². The molecule has 1 heterocycles. The van der Waals surface area contributed by atoms with Crippen LogP contribution in [0.2, 0.25) is 0 Å². The largest absolute Gasteiger partial charge is 0.740 e. The zero-order valence-corrected chi connectivity index (χ0v) is 16.1. The molecule has 142 valence electrons. The molecule has 27 heavy (non-hydrogen) atoms. The molecule has 9 heteroatoms. The Morgan fingerprint density at radius 2 is 1.78 bits per heavy atom. The molecule has 0 bridgehead atoms. The number of rotatable bonds is 6. The summed E-state index contributed by atoms with van der Waals surface area (Å²) in [5, 5.41) is 8.15. The quantitative estimate of drug-likeness (QED) is 0.599. The first-order valence-corrected chi connectivity index (χ1v) is 8.97. The van der Waals surface area contributed by atoms with Crippen LogP contribution in [0.25, 0.3) is 16.9 Å². The van der Waals surface area contributed by atoms with Gasteiger partial charge < -0.3 is 18.2 Å². The maximum Gasteiger partial charge on any atom is 0.181 e. The summed E-state index contributed by atoms with van der Waals surface area (Å²) in [6.07, 6.45) is 1.58. The molecule has 1 atom stereocenters. The van der Waals surface area contributed by atoms with Crippen LogP contribution >= 0.6 is 0 Å². The fraction of sp³-hybridized carbons (Fsp3) is 0.222. The first-order chi connectivity index (χ1) is 12.9. The van der Waals surface area contributed by atoms with Crippen molar-refractivity contribution in [2.45, 2.75) is 13.8 Å². The van der Waals surface area contributed by atoms with Crippen LogP contribution in [0.3, 0.4) is 0 Å². The van der Waals surface area contributed by atoms with Gasteiger partial charge in [-0.1, -0.05) is 5.21 Å². The van der Waals surface area contributed by atoms with E-state index < -0.39 is 11.4 Å². The second kappa shape index (κ2) is 7.77. The van der Waals surface area contributed by atoms with Crippen LogP contribution < -0.4 is 13.7 Å². The highest BCUT2D eigenvalue weighted by molar-refractivity contribution is 7.74. The third kappa shape index (κ3) is 3.79. The Morgan fingerprint density at radius 3 is 2.44 bits per heavy atom. The highest BCUT2D eigenvalue weighted by Gasteiger charge is 2.15. The second-order valence-electron chi connectivity index (χ2n) is 5.77. The van der Waals surface area contributed by atoms with Gasteiger partial charge in [0.15, 0.2) is 11.5 Å². The van der Waals surface area contributed by atoms with Crippen LogP contribution in [-0.4, -0.2) is 38.0 Å². The number of hydrogen-bond donors (Lipinski definition) is 0. The van der Waals surface area contributed by atoms with Gasteiger partial charge in [-0.05, 0) is 49.2 Å². The minimum absolute atomic E-state index is 0.0775. The van der Waals surface area contributed by atoms with Crippen molar-refractivity contribution >= 4 is 11.4 Å². The predicted molar refractivity (Wildman–Crippen MR) is 98.9 cm³/mol. The summed E-state index contributed by atoms with van der Waals surface area (Å²) in [6, 6.07) is 8.79. The number of hydrogen-bond acceptors (Lipinski definition) is 7. The molecule has 0 saturated carbocycles. The fourth-order valence-electron chi connectivity index (χ4n) is 2.74. The number of nitrogens with zero attached hydrogens (tertiary/aromatic N) is 3. The monoisotopic (exact) mass is 388 g/mol. The molecule has 0 aliphatic heterocycles. The maximum absolute atomic E-state index is 10.9. The zero-order valence-electron chi connectivity index (χ0n) is 15.3. The maximum atomic E-state index is 10.9. The van der Waals surface area contributed by atoms with Gasteiger partial charge in [0.05, 0.1) is 31.8 Å². The van der Waals surface area contributed by atoms with E-state index in [4.69, 9.17) is 13.7 Å². The summed E-state index contributed by atoms with van der Waals surface area (Å²) >= 11 is -2.72. The highest BCUT2D eigenvalue weighted by Crippen LogP contribution is 2.34. The highest BCUT2D eigenvalue weighted by atomic mass is 32.2. The number of aryl methyl sites for hydroxylation is 1. The average Bonchev–Trinajstić information content (AvgIpc) is 3.13. The Labute approximate surface area is 159 Å². The van der Waals surface area contributed by atoms with E-state index in [2.05, 4.69) is 10.3 Å². The van der Waals surface area contributed by atoms with E-state index in [9.17, 15) is 8.76 Å². The first-order valence-electron chi connectivity index (χ1n) is 7.97. The molecule has 0 aliphatic rings. The molecule has 1 aromatic heterocycles. The number of ether oxygens (including phenoxy) is 2. The van der Waals surface area contributed by atoms with Gasteiger partial charge in [0, 0.05) is 11.6 Å². The van der Waals surface area contributed by atoms with Crippen molar-refractivity contribution in [2.75, 3.05) is 14.2 Å². The average molecular weight is 388 g/mol. The van der Waals surface area contributed by atoms with E-state index in [1.165, 1.54) is 7.11 Å². The van der Waals surface area contributed by atoms with Gasteiger partial charge in [-0.3, -0.25) is 0 Å². The normalized spacial score (nSPS) is 11.9. The van der Waals surface area contributed by atoms with Gasteiger partial charge in [0.1, 0.15) is 17.1 Å².